The van der Waals surface area contributed by atoms with E-state index < -0.39 is 0 Å². The highest BCUT2D eigenvalue weighted by molar-refractivity contribution is 7.14. The van der Waals surface area contributed by atoms with Gasteiger partial charge in [-0.15, -0.1) is 11.3 Å². The van der Waals surface area contributed by atoms with E-state index in [1.807, 2.05) is 19.9 Å². The zero-order chi connectivity index (χ0) is 18.0. The van der Waals surface area contributed by atoms with E-state index in [1.165, 1.54) is 35.6 Å². The fraction of sp³-hybridized carbons (Fsp3) is 0.333. The number of urea groups is 1. The zero-order valence-electron chi connectivity index (χ0n) is 14.2. The lowest BCUT2D eigenvalue weighted by molar-refractivity contribution is 0.0676. The quantitative estimate of drug-likeness (QED) is 0.890. The monoisotopic (exact) mass is 361 g/mol. The maximum atomic E-state index is 12.9. The van der Waals surface area contributed by atoms with Crippen LogP contribution in [0.2, 0.25) is 0 Å². The van der Waals surface area contributed by atoms with Crippen molar-refractivity contribution in [3.63, 3.8) is 0 Å². The molecule has 7 heteroatoms. The Hall–Kier alpha value is -2.41. The maximum absolute atomic E-state index is 12.9. The van der Waals surface area contributed by atoms with Gasteiger partial charge in [-0.1, -0.05) is 0 Å². The number of benzene rings is 1. The lowest BCUT2D eigenvalue weighted by atomic mass is 10.2. The average molecular weight is 361 g/mol. The van der Waals surface area contributed by atoms with E-state index in [-0.39, 0.29) is 17.8 Å². The van der Waals surface area contributed by atoms with E-state index in [0.29, 0.717) is 31.9 Å². The van der Waals surface area contributed by atoms with E-state index in [4.69, 9.17) is 0 Å². The van der Waals surface area contributed by atoms with Gasteiger partial charge in [-0.25, -0.2) is 9.18 Å². The van der Waals surface area contributed by atoms with Gasteiger partial charge < -0.3 is 15.1 Å². The normalized spacial score (nSPS) is 14.5. The van der Waals surface area contributed by atoms with Crippen molar-refractivity contribution in [1.29, 1.82) is 0 Å². The number of piperazine rings is 1. The number of nitrogens with one attached hydrogen (secondary N) is 1. The molecule has 0 bridgehead atoms. The molecular weight excluding hydrogens is 341 g/mol. The summed E-state index contributed by atoms with van der Waals surface area (Å²) < 4.78 is 12.9. The van der Waals surface area contributed by atoms with Crippen molar-refractivity contribution in [2.75, 3.05) is 31.5 Å². The number of thiophene rings is 1. The van der Waals surface area contributed by atoms with E-state index in [0.717, 1.165) is 15.3 Å². The molecule has 2 aromatic rings. The maximum Gasteiger partial charge on any atom is 0.321 e. The molecule has 1 aliphatic heterocycles. The third-order valence-corrected chi connectivity index (χ3v) is 5.47. The first kappa shape index (κ1) is 17.4. The Morgan fingerprint density at radius 3 is 2.20 bits per heavy atom. The van der Waals surface area contributed by atoms with E-state index in [9.17, 15) is 14.0 Å². The summed E-state index contributed by atoms with van der Waals surface area (Å²) in [6.45, 7) is 5.97. The van der Waals surface area contributed by atoms with Crippen molar-refractivity contribution in [1.82, 2.24) is 9.80 Å². The summed E-state index contributed by atoms with van der Waals surface area (Å²) in [5.41, 5.74) is 1.68. The number of aryl methyl sites for hydroxylation is 2. The second kappa shape index (κ2) is 7.23. The van der Waals surface area contributed by atoms with Gasteiger partial charge in [0, 0.05) is 36.7 Å². The van der Waals surface area contributed by atoms with E-state index in [2.05, 4.69) is 5.32 Å². The fourth-order valence-electron chi connectivity index (χ4n) is 2.68. The summed E-state index contributed by atoms with van der Waals surface area (Å²) in [6.07, 6.45) is 0. The molecule has 3 amide bonds. The molecule has 1 fully saturated rings. The molecule has 1 aromatic heterocycles. The van der Waals surface area contributed by atoms with Crippen molar-refractivity contribution in [2.45, 2.75) is 13.8 Å². The van der Waals surface area contributed by atoms with Crippen LogP contribution in [-0.2, 0) is 0 Å². The molecule has 1 aromatic carbocycles. The average Bonchev–Trinajstić information content (AvgIpc) is 2.95. The minimum Gasteiger partial charge on any atom is -0.334 e. The number of carbonyl (C=O) groups excluding carboxylic acids is 2. The zero-order valence-corrected chi connectivity index (χ0v) is 15.0. The van der Waals surface area contributed by atoms with Crippen LogP contribution in [-0.4, -0.2) is 47.9 Å². The van der Waals surface area contributed by atoms with Crippen LogP contribution in [0.1, 0.15) is 20.1 Å². The lowest BCUT2D eigenvalue weighted by Gasteiger charge is -2.34. The summed E-state index contributed by atoms with van der Waals surface area (Å²) in [5.74, 6) is -0.316. The summed E-state index contributed by atoms with van der Waals surface area (Å²) in [7, 11) is 0. The number of amides is 3. The van der Waals surface area contributed by atoms with Crippen LogP contribution in [0.25, 0.3) is 0 Å². The molecule has 0 aliphatic carbocycles. The largest absolute Gasteiger partial charge is 0.334 e. The Labute approximate surface area is 150 Å². The second-order valence-corrected chi connectivity index (χ2v) is 7.32. The predicted molar refractivity (Wildman–Crippen MR) is 96.7 cm³/mol. The van der Waals surface area contributed by atoms with E-state index in [1.54, 1.807) is 9.80 Å². The first-order chi connectivity index (χ1) is 11.9. The molecule has 1 N–H and O–H groups in total. The SMILES string of the molecule is Cc1cc(C(=O)N2CCN(C(=O)Nc3ccc(F)cc3)CC2)sc1C. The van der Waals surface area contributed by atoms with Crippen molar-refractivity contribution in [3.05, 3.63) is 51.5 Å². The molecule has 0 unspecified atom stereocenters. The van der Waals surface area contributed by atoms with Crippen LogP contribution in [0.5, 0.6) is 0 Å². The van der Waals surface area contributed by atoms with Crippen molar-refractivity contribution in [2.24, 2.45) is 0 Å². The molecular formula is C18H20FN3O2S. The van der Waals surface area contributed by atoms with Crippen molar-refractivity contribution < 1.29 is 14.0 Å². The fourth-order valence-corrected chi connectivity index (χ4v) is 3.68. The predicted octanol–water partition coefficient (Wildman–Crippen LogP) is 3.49. The van der Waals surface area contributed by atoms with E-state index >= 15 is 0 Å². The number of nitrogens with zero attached hydrogens (tertiary/aromatic N) is 2. The molecule has 0 saturated carbocycles. The minimum atomic E-state index is -0.343. The van der Waals surface area contributed by atoms with Crippen LogP contribution < -0.4 is 5.32 Å². The minimum absolute atomic E-state index is 0.0276. The van der Waals surface area contributed by atoms with Gasteiger partial charge in [-0.2, -0.15) is 0 Å². The number of rotatable bonds is 2. The first-order valence-corrected chi connectivity index (χ1v) is 8.93. The topological polar surface area (TPSA) is 52.7 Å². The molecule has 2 heterocycles. The Kier molecular flexibility index (Phi) is 5.03. The van der Waals surface area contributed by atoms with Gasteiger partial charge >= 0.3 is 6.03 Å². The first-order valence-electron chi connectivity index (χ1n) is 8.12. The number of hydrogen-bond acceptors (Lipinski definition) is 3. The number of anilines is 1. The summed E-state index contributed by atoms with van der Waals surface area (Å²) in [5, 5.41) is 2.74. The summed E-state index contributed by atoms with van der Waals surface area (Å²) >= 11 is 1.51. The highest BCUT2D eigenvalue weighted by atomic mass is 32.1. The van der Waals surface area contributed by atoms with Crippen molar-refractivity contribution >= 4 is 29.0 Å². The molecule has 1 aliphatic rings. The van der Waals surface area contributed by atoms with Crippen LogP contribution >= 0.6 is 11.3 Å². The third-order valence-electron chi connectivity index (χ3n) is 4.33. The Morgan fingerprint density at radius 2 is 1.64 bits per heavy atom. The van der Waals surface area contributed by atoms with Crippen LogP contribution in [0.3, 0.4) is 0 Å². The smallest absolute Gasteiger partial charge is 0.321 e. The third kappa shape index (κ3) is 3.99. The molecule has 25 heavy (non-hydrogen) atoms. The summed E-state index contributed by atoms with van der Waals surface area (Å²) in [6, 6.07) is 7.34. The number of halogens is 1. The number of carbonyl (C=O) groups is 2. The lowest BCUT2D eigenvalue weighted by Crippen LogP contribution is -2.51. The van der Waals surface area contributed by atoms with Crippen LogP contribution in [0, 0.1) is 19.7 Å². The Bertz CT molecular complexity index is 761. The molecule has 3 rings (SSSR count). The highest BCUT2D eigenvalue weighted by Gasteiger charge is 2.25. The van der Waals surface area contributed by atoms with Gasteiger partial charge in [0.2, 0.25) is 0 Å². The highest BCUT2D eigenvalue weighted by Crippen LogP contribution is 2.22. The van der Waals surface area contributed by atoms with Gasteiger partial charge in [0.1, 0.15) is 5.82 Å². The molecule has 132 valence electrons. The Morgan fingerprint density at radius 1 is 1.04 bits per heavy atom. The standard InChI is InChI=1S/C18H20FN3O2S/c1-12-11-16(25-13(12)2)17(23)21-7-9-22(10-8-21)18(24)20-15-5-3-14(19)4-6-15/h3-6,11H,7-10H2,1-2H3,(H,20,24). The molecule has 0 atom stereocenters. The molecule has 1 saturated heterocycles. The van der Waals surface area contributed by atoms with Gasteiger partial charge in [-0.05, 0) is 49.7 Å². The van der Waals surface area contributed by atoms with Gasteiger partial charge in [0.05, 0.1) is 4.88 Å². The van der Waals surface area contributed by atoms with Gasteiger partial charge in [0.25, 0.3) is 5.91 Å². The Balaban J connectivity index is 1.55. The summed E-state index contributed by atoms with van der Waals surface area (Å²) in [4.78, 5) is 30.2. The van der Waals surface area contributed by atoms with Crippen LogP contribution in [0.15, 0.2) is 30.3 Å². The van der Waals surface area contributed by atoms with Gasteiger partial charge in [-0.3, -0.25) is 4.79 Å². The van der Waals surface area contributed by atoms with Crippen LogP contribution in [0.4, 0.5) is 14.9 Å². The molecule has 5 nitrogen and oxygen atoms in total. The molecule has 0 radical (unpaired) electrons. The second-order valence-electron chi connectivity index (χ2n) is 6.07. The molecule has 0 spiro atoms. The van der Waals surface area contributed by atoms with Crippen molar-refractivity contribution in [3.8, 4) is 0 Å². The number of hydrogen-bond donors (Lipinski definition) is 1. The van der Waals surface area contributed by atoms with Gasteiger partial charge in [0.15, 0.2) is 0 Å².